The van der Waals surface area contributed by atoms with Crippen LogP contribution in [0.4, 0.5) is 10.1 Å². The Labute approximate surface area is 165 Å². The molecule has 0 aromatic heterocycles. The van der Waals surface area contributed by atoms with Crippen LogP contribution in [-0.2, 0) is 4.79 Å². The van der Waals surface area contributed by atoms with E-state index < -0.39 is 5.60 Å². The third-order valence-electron chi connectivity index (χ3n) is 5.25. The Bertz CT molecular complexity index is 832. The third kappa shape index (κ3) is 5.53. The minimum absolute atomic E-state index is 0.192. The lowest BCUT2D eigenvalue weighted by atomic mass is 9.92. The molecule has 0 spiro atoms. The number of anilines is 1. The average molecular weight is 386 g/mol. The van der Waals surface area contributed by atoms with Crippen LogP contribution in [0.5, 0.6) is 5.75 Å². The van der Waals surface area contributed by atoms with E-state index in [4.69, 9.17) is 4.74 Å². The summed E-state index contributed by atoms with van der Waals surface area (Å²) in [6, 6.07) is 11.7. The Hall–Kier alpha value is -2.44. The lowest BCUT2D eigenvalue weighted by Crippen LogP contribution is -2.49. The lowest BCUT2D eigenvalue weighted by molar-refractivity contribution is -0.119. The molecule has 0 saturated carbocycles. The van der Waals surface area contributed by atoms with Crippen LogP contribution >= 0.6 is 0 Å². The van der Waals surface area contributed by atoms with Gasteiger partial charge in [0.15, 0.2) is 0 Å². The highest BCUT2D eigenvalue weighted by atomic mass is 19.1. The molecule has 0 radical (unpaired) electrons. The highest BCUT2D eigenvalue weighted by Crippen LogP contribution is 2.25. The number of nitrogens with zero attached hydrogens (tertiary/aromatic N) is 1. The number of rotatable bonds is 6. The van der Waals surface area contributed by atoms with Crippen molar-refractivity contribution >= 4 is 11.6 Å². The highest BCUT2D eigenvalue weighted by molar-refractivity contribution is 5.92. The normalized spacial score (nSPS) is 16.6. The molecule has 0 bridgehead atoms. The molecule has 2 N–H and O–H groups in total. The SMILES string of the molecule is Cc1ccc(OCC2(O)CCN(CC(=O)Nc3cccc(F)c3)CC2)cc1C. The number of likely N-dealkylation sites (tertiary alicyclic amines) is 1. The van der Waals surface area contributed by atoms with Crippen LogP contribution < -0.4 is 10.1 Å². The Kier molecular flexibility index (Phi) is 6.31. The van der Waals surface area contributed by atoms with Gasteiger partial charge in [0.1, 0.15) is 23.8 Å². The Morgan fingerprint density at radius 1 is 1.18 bits per heavy atom. The number of carbonyl (C=O) groups is 1. The summed E-state index contributed by atoms with van der Waals surface area (Å²) >= 11 is 0. The van der Waals surface area contributed by atoms with Gasteiger partial charge in [-0.2, -0.15) is 0 Å². The number of piperidine rings is 1. The van der Waals surface area contributed by atoms with Gasteiger partial charge in [0.2, 0.25) is 5.91 Å². The van der Waals surface area contributed by atoms with E-state index in [9.17, 15) is 14.3 Å². The second-order valence-electron chi connectivity index (χ2n) is 7.59. The summed E-state index contributed by atoms with van der Waals surface area (Å²) < 4.78 is 19.0. The Balaban J connectivity index is 1.45. The van der Waals surface area contributed by atoms with E-state index in [-0.39, 0.29) is 24.9 Å². The van der Waals surface area contributed by atoms with Gasteiger partial charge in [0, 0.05) is 18.8 Å². The monoisotopic (exact) mass is 386 g/mol. The van der Waals surface area contributed by atoms with E-state index in [1.165, 1.54) is 17.7 Å². The molecule has 1 aliphatic heterocycles. The number of carbonyl (C=O) groups excluding carboxylic acids is 1. The first kappa shape index (κ1) is 20.3. The molecule has 1 heterocycles. The van der Waals surface area contributed by atoms with Crippen LogP contribution in [0, 0.1) is 19.7 Å². The van der Waals surface area contributed by atoms with Crippen molar-refractivity contribution < 1.29 is 19.0 Å². The number of hydrogen-bond acceptors (Lipinski definition) is 4. The summed E-state index contributed by atoms with van der Waals surface area (Å²) in [6.07, 6.45) is 1.07. The van der Waals surface area contributed by atoms with Gasteiger partial charge in [-0.1, -0.05) is 12.1 Å². The largest absolute Gasteiger partial charge is 0.491 e. The fourth-order valence-corrected chi connectivity index (χ4v) is 3.26. The second kappa shape index (κ2) is 8.71. The van der Waals surface area contributed by atoms with Crippen molar-refractivity contribution in [2.75, 3.05) is 31.6 Å². The summed E-state index contributed by atoms with van der Waals surface area (Å²) in [7, 11) is 0. The van der Waals surface area contributed by atoms with Gasteiger partial charge < -0.3 is 15.2 Å². The summed E-state index contributed by atoms with van der Waals surface area (Å²) in [4.78, 5) is 14.1. The van der Waals surface area contributed by atoms with Crippen LogP contribution in [0.1, 0.15) is 24.0 Å². The van der Waals surface area contributed by atoms with Crippen molar-refractivity contribution in [2.45, 2.75) is 32.3 Å². The van der Waals surface area contributed by atoms with Gasteiger partial charge in [-0.15, -0.1) is 0 Å². The summed E-state index contributed by atoms with van der Waals surface area (Å²) in [5, 5.41) is 13.5. The number of benzene rings is 2. The van der Waals surface area contributed by atoms with Crippen molar-refractivity contribution in [3.05, 3.63) is 59.4 Å². The van der Waals surface area contributed by atoms with E-state index in [0.29, 0.717) is 31.6 Å². The first-order valence-electron chi connectivity index (χ1n) is 9.53. The number of hydrogen-bond donors (Lipinski definition) is 2. The molecule has 0 aliphatic carbocycles. The molecule has 2 aromatic rings. The smallest absolute Gasteiger partial charge is 0.238 e. The molecule has 1 aliphatic rings. The number of ether oxygens (including phenoxy) is 1. The molecule has 3 rings (SSSR count). The van der Waals surface area contributed by atoms with E-state index in [2.05, 4.69) is 5.32 Å². The molecule has 1 amide bonds. The molecule has 5 nitrogen and oxygen atoms in total. The van der Waals surface area contributed by atoms with E-state index in [1.807, 2.05) is 36.9 Å². The van der Waals surface area contributed by atoms with Gasteiger partial charge in [0.05, 0.1) is 6.54 Å². The molecular weight excluding hydrogens is 359 g/mol. The highest BCUT2D eigenvalue weighted by Gasteiger charge is 2.33. The molecule has 1 fully saturated rings. The lowest BCUT2D eigenvalue weighted by Gasteiger charge is -2.37. The maximum atomic E-state index is 13.2. The standard InChI is InChI=1S/C22H27FN2O3/c1-16-6-7-20(12-17(16)2)28-15-22(27)8-10-25(11-9-22)14-21(26)24-19-5-3-4-18(23)13-19/h3-7,12-13,27H,8-11,14-15H2,1-2H3,(H,24,26). The van der Waals surface area contributed by atoms with Crippen molar-refractivity contribution in [1.29, 1.82) is 0 Å². The van der Waals surface area contributed by atoms with Gasteiger partial charge in [-0.25, -0.2) is 4.39 Å². The summed E-state index contributed by atoms with van der Waals surface area (Å²) in [5.41, 5.74) is 1.91. The first-order valence-corrected chi connectivity index (χ1v) is 9.53. The van der Waals surface area contributed by atoms with Gasteiger partial charge in [-0.3, -0.25) is 9.69 Å². The molecule has 1 saturated heterocycles. The maximum Gasteiger partial charge on any atom is 0.238 e. The number of nitrogens with one attached hydrogen (secondary N) is 1. The van der Waals surface area contributed by atoms with Gasteiger partial charge in [-0.05, 0) is 68.1 Å². The molecular formula is C22H27FN2O3. The zero-order chi connectivity index (χ0) is 20.1. The van der Waals surface area contributed by atoms with E-state index in [1.54, 1.807) is 12.1 Å². The van der Waals surface area contributed by atoms with Crippen molar-refractivity contribution in [3.8, 4) is 5.75 Å². The van der Waals surface area contributed by atoms with E-state index in [0.717, 1.165) is 11.3 Å². The van der Waals surface area contributed by atoms with Gasteiger partial charge in [0.25, 0.3) is 0 Å². The first-order chi connectivity index (χ1) is 13.3. The second-order valence-corrected chi connectivity index (χ2v) is 7.59. The molecule has 28 heavy (non-hydrogen) atoms. The minimum atomic E-state index is -0.895. The Morgan fingerprint density at radius 2 is 1.93 bits per heavy atom. The fourth-order valence-electron chi connectivity index (χ4n) is 3.26. The topological polar surface area (TPSA) is 61.8 Å². The van der Waals surface area contributed by atoms with Crippen LogP contribution in [0.3, 0.4) is 0 Å². The van der Waals surface area contributed by atoms with Gasteiger partial charge >= 0.3 is 0 Å². The predicted molar refractivity (Wildman–Crippen MR) is 107 cm³/mol. The average Bonchev–Trinajstić information content (AvgIpc) is 2.65. The zero-order valence-corrected chi connectivity index (χ0v) is 16.4. The van der Waals surface area contributed by atoms with Crippen molar-refractivity contribution in [3.63, 3.8) is 0 Å². The number of amides is 1. The van der Waals surface area contributed by atoms with Crippen LogP contribution in [0.15, 0.2) is 42.5 Å². The third-order valence-corrected chi connectivity index (χ3v) is 5.25. The summed E-state index contributed by atoms with van der Waals surface area (Å²) in [6.45, 7) is 5.73. The van der Waals surface area contributed by atoms with Crippen LogP contribution in [-0.4, -0.2) is 47.8 Å². The molecule has 0 atom stereocenters. The van der Waals surface area contributed by atoms with Crippen molar-refractivity contribution in [2.24, 2.45) is 0 Å². The molecule has 2 aromatic carbocycles. The fraction of sp³-hybridized carbons (Fsp3) is 0.409. The number of halogens is 1. The van der Waals surface area contributed by atoms with E-state index >= 15 is 0 Å². The van der Waals surface area contributed by atoms with Crippen molar-refractivity contribution in [1.82, 2.24) is 4.90 Å². The quantitative estimate of drug-likeness (QED) is 0.800. The maximum absolute atomic E-state index is 13.2. The summed E-state index contributed by atoms with van der Waals surface area (Å²) in [5.74, 6) is 0.181. The number of aliphatic hydroxyl groups is 1. The predicted octanol–water partition coefficient (Wildman–Crippen LogP) is 3.29. The molecule has 6 heteroatoms. The Morgan fingerprint density at radius 3 is 2.61 bits per heavy atom. The van der Waals surface area contributed by atoms with Crippen LogP contribution in [0.25, 0.3) is 0 Å². The zero-order valence-electron chi connectivity index (χ0n) is 16.4. The minimum Gasteiger partial charge on any atom is -0.491 e. The molecule has 150 valence electrons. The number of aryl methyl sites for hydroxylation is 2. The molecule has 0 unspecified atom stereocenters. The van der Waals surface area contributed by atoms with Crippen LogP contribution in [0.2, 0.25) is 0 Å².